The number of aromatic nitrogens is 4. The van der Waals surface area contributed by atoms with Crippen molar-refractivity contribution in [2.45, 2.75) is 36.6 Å². The third-order valence-corrected chi connectivity index (χ3v) is 4.68. The summed E-state index contributed by atoms with van der Waals surface area (Å²) in [4.78, 5) is 22.5. The van der Waals surface area contributed by atoms with Gasteiger partial charge < -0.3 is 21.3 Å². The maximum absolute atomic E-state index is 11.9. The predicted octanol–water partition coefficient (Wildman–Crippen LogP) is -1.37. The van der Waals surface area contributed by atoms with Crippen LogP contribution in [0, 0.1) is 0 Å². The minimum atomic E-state index is -0.719. The van der Waals surface area contributed by atoms with Gasteiger partial charge in [0.1, 0.15) is 11.3 Å². The Morgan fingerprint density at radius 1 is 1.57 bits per heavy atom. The summed E-state index contributed by atoms with van der Waals surface area (Å²) < 4.78 is 7.82. The van der Waals surface area contributed by atoms with Gasteiger partial charge in [-0.25, -0.2) is 4.98 Å². The molecule has 4 heterocycles. The molecule has 3 atom stereocenters. The van der Waals surface area contributed by atoms with Crippen molar-refractivity contribution in [2.75, 3.05) is 12.3 Å². The SMILES string of the molecule is Nc1nc2c(ncn2C23CCC(CO)(O2)C(N)C3)c(=O)[nH]1. The molecule has 2 aliphatic heterocycles. The van der Waals surface area contributed by atoms with Crippen LogP contribution in [0.15, 0.2) is 11.1 Å². The first-order valence-corrected chi connectivity index (χ1v) is 6.80. The standard InChI is InChI=1S/C12H16N6O3/c13-6-3-12(2-1-11(6,4-19)21-12)18-5-15-7-8(18)16-10(14)17-9(7)20/h5-6,19H,1-4,13H2,(H3,14,16,17,20). The normalized spacial score (nSPS) is 34.9. The Kier molecular flexibility index (Phi) is 2.31. The number of H-pyrrole nitrogens is 1. The molecule has 0 saturated carbocycles. The lowest BCUT2D eigenvalue weighted by molar-refractivity contribution is -0.112. The fourth-order valence-corrected chi connectivity index (χ4v) is 3.54. The van der Waals surface area contributed by atoms with E-state index < -0.39 is 11.3 Å². The first-order chi connectivity index (χ1) is 10.00. The van der Waals surface area contributed by atoms with Gasteiger partial charge in [-0.15, -0.1) is 0 Å². The zero-order valence-electron chi connectivity index (χ0n) is 11.2. The Bertz CT molecular complexity index is 785. The van der Waals surface area contributed by atoms with Crippen LogP contribution < -0.4 is 17.0 Å². The molecule has 3 unspecified atom stereocenters. The van der Waals surface area contributed by atoms with Crippen molar-refractivity contribution in [3.8, 4) is 0 Å². The number of anilines is 1. The summed E-state index contributed by atoms with van der Waals surface area (Å²) in [5.74, 6) is 0.0272. The van der Waals surface area contributed by atoms with E-state index in [4.69, 9.17) is 16.2 Å². The number of hydrogen-bond acceptors (Lipinski definition) is 7. The number of aliphatic hydroxyl groups excluding tert-OH is 1. The van der Waals surface area contributed by atoms with Gasteiger partial charge in [0, 0.05) is 12.5 Å². The van der Waals surface area contributed by atoms with Crippen molar-refractivity contribution in [3.63, 3.8) is 0 Å². The van der Waals surface area contributed by atoms with Crippen LogP contribution in [0.25, 0.3) is 11.2 Å². The molecule has 2 aromatic rings. The molecule has 112 valence electrons. The molecule has 2 aromatic heterocycles. The molecule has 21 heavy (non-hydrogen) atoms. The van der Waals surface area contributed by atoms with E-state index in [1.54, 1.807) is 4.57 Å². The topological polar surface area (TPSA) is 145 Å². The van der Waals surface area contributed by atoms with E-state index >= 15 is 0 Å². The van der Waals surface area contributed by atoms with Gasteiger partial charge in [0.25, 0.3) is 5.56 Å². The molecule has 0 spiro atoms. The Hall–Kier alpha value is -1.97. The number of rotatable bonds is 2. The molecule has 2 saturated heterocycles. The van der Waals surface area contributed by atoms with E-state index in [0.717, 1.165) is 0 Å². The minimum absolute atomic E-state index is 0.0272. The predicted molar refractivity (Wildman–Crippen MR) is 73.3 cm³/mol. The average molecular weight is 292 g/mol. The maximum Gasteiger partial charge on any atom is 0.280 e. The Balaban J connectivity index is 1.91. The number of nitrogens with one attached hydrogen (secondary N) is 1. The number of aromatic amines is 1. The van der Waals surface area contributed by atoms with E-state index in [2.05, 4.69) is 15.0 Å². The second kappa shape index (κ2) is 3.81. The number of fused-ring (bicyclic) bond motifs is 3. The monoisotopic (exact) mass is 292 g/mol. The summed E-state index contributed by atoms with van der Waals surface area (Å²) in [5, 5.41) is 9.61. The van der Waals surface area contributed by atoms with Crippen molar-refractivity contribution >= 4 is 17.1 Å². The summed E-state index contributed by atoms with van der Waals surface area (Å²) in [5.41, 5.74) is 10.5. The van der Waals surface area contributed by atoms with E-state index in [-0.39, 0.29) is 29.7 Å². The molecule has 6 N–H and O–H groups in total. The molecule has 2 aliphatic rings. The molecule has 9 nitrogen and oxygen atoms in total. The van der Waals surface area contributed by atoms with Crippen LogP contribution in [0.4, 0.5) is 5.95 Å². The minimum Gasteiger partial charge on any atom is -0.393 e. The van der Waals surface area contributed by atoms with E-state index in [0.29, 0.717) is 24.9 Å². The van der Waals surface area contributed by atoms with Gasteiger partial charge in [-0.3, -0.25) is 14.3 Å². The van der Waals surface area contributed by atoms with Crippen LogP contribution in [0.1, 0.15) is 19.3 Å². The lowest BCUT2D eigenvalue weighted by Crippen LogP contribution is -2.47. The van der Waals surface area contributed by atoms with E-state index in [1.165, 1.54) is 6.33 Å². The molecular formula is C12H16N6O3. The van der Waals surface area contributed by atoms with Gasteiger partial charge in [-0.1, -0.05) is 0 Å². The van der Waals surface area contributed by atoms with Crippen LogP contribution in [0.5, 0.6) is 0 Å². The quantitative estimate of drug-likeness (QED) is 0.534. The summed E-state index contributed by atoms with van der Waals surface area (Å²) in [6.07, 6.45) is 3.40. The van der Waals surface area contributed by atoms with Gasteiger partial charge in [0.05, 0.1) is 12.9 Å². The average Bonchev–Trinajstić information content (AvgIpc) is 3.08. The van der Waals surface area contributed by atoms with Gasteiger partial charge in [0.15, 0.2) is 11.2 Å². The first-order valence-electron chi connectivity index (χ1n) is 6.80. The number of nitrogens with two attached hydrogens (primary N) is 2. The molecule has 0 amide bonds. The number of aliphatic hydroxyl groups is 1. The summed E-state index contributed by atoms with van der Waals surface area (Å²) >= 11 is 0. The van der Waals surface area contributed by atoms with Crippen LogP contribution in [0.3, 0.4) is 0 Å². The lowest BCUT2D eigenvalue weighted by Gasteiger charge is -2.28. The largest absolute Gasteiger partial charge is 0.393 e. The smallest absolute Gasteiger partial charge is 0.280 e. The van der Waals surface area contributed by atoms with Crippen molar-refractivity contribution in [3.05, 3.63) is 16.7 Å². The summed E-state index contributed by atoms with van der Waals surface area (Å²) in [6.45, 7) is -0.126. The van der Waals surface area contributed by atoms with Crippen molar-refractivity contribution in [1.29, 1.82) is 0 Å². The van der Waals surface area contributed by atoms with Crippen LogP contribution in [0.2, 0.25) is 0 Å². The fraction of sp³-hybridized carbons (Fsp3) is 0.583. The summed E-state index contributed by atoms with van der Waals surface area (Å²) in [6, 6.07) is -0.270. The Morgan fingerprint density at radius 3 is 3.05 bits per heavy atom. The molecule has 2 bridgehead atoms. The van der Waals surface area contributed by atoms with Gasteiger partial charge >= 0.3 is 0 Å². The number of nitrogens with zero attached hydrogens (tertiary/aromatic N) is 3. The van der Waals surface area contributed by atoms with Crippen LogP contribution in [-0.2, 0) is 10.5 Å². The highest BCUT2D eigenvalue weighted by atomic mass is 16.6. The Morgan fingerprint density at radius 2 is 2.38 bits per heavy atom. The number of nitrogen functional groups attached to an aromatic ring is 1. The lowest BCUT2D eigenvalue weighted by atomic mass is 9.82. The third-order valence-electron chi connectivity index (χ3n) is 4.68. The molecule has 9 heteroatoms. The number of ether oxygens (including phenoxy) is 1. The number of imidazole rings is 1. The van der Waals surface area contributed by atoms with Gasteiger partial charge in [-0.2, -0.15) is 4.98 Å². The van der Waals surface area contributed by atoms with Crippen molar-refractivity contribution in [1.82, 2.24) is 19.5 Å². The molecule has 0 aliphatic carbocycles. The first kappa shape index (κ1) is 12.7. The van der Waals surface area contributed by atoms with Gasteiger partial charge in [0.2, 0.25) is 5.95 Å². The van der Waals surface area contributed by atoms with Crippen LogP contribution >= 0.6 is 0 Å². The highest BCUT2D eigenvalue weighted by Gasteiger charge is 2.61. The van der Waals surface area contributed by atoms with Crippen LogP contribution in [-0.4, -0.2) is 42.9 Å². The third kappa shape index (κ3) is 1.48. The van der Waals surface area contributed by atoms with Crippen molar-refractivity contribution in [2.24, 2.45) is 5.73 Å². The second-order valence-electron chi connectivity index (χ2n) is 5.82. The number of hydrogen-bond donors (Lipinski definition) is 4. The summed E-state index contributed by atoms with van der Waals surface area (Å²) in [7, 11) is 0. The van der Waals surface area contributed by atoms with Gasteiger partial charge in [-0.05, 0) is 12.8 Å². The highest BCUT2D eigenvalue weighted by Crippen LogP contribution is 2.53. The zero-order valence-corrected chi connectivity index (χ0v) is 11.2. The maximum atomic E-state index is 11.9. The zero-order chi connectivity index (χ0) is 14.8. The highest BCUT2D eigenvalue weighted by molar-refractivity contribution is 5.70. The Labute approximate surface area is 118 Å². The fourth-order valence-electron chi connectivity index (χ4n) is 3.54. The molecule has 2 fully saturated rings. The van der Waals surface area contributed by atoms with Crippen molar-refractivity contribution < 1.29 is 9.84 Å². The van der Waals surface area contributed by atoms with E-state index in [1.807, 2.05) is 0 Å². The molecular weight excluding hydrogens is 276 g/mol. The molecule has 0 aromatic carbocycles. The molecule has 4 rings (SSSR count). The van der Waals surface area contributed by atoms with E-state index in [9.17, 15) is 9.90 Å². The molecule has 0 radical (unpaired) electrons. The second-order valence-corrected chi connectivity index (χ2v) is 5.82.